The molecule has 0 aliphatic carbocycles. The molecule has 1 fully saturated rings. The number of aromatic nitrogens is 1. The van der Waals surface area contributed by atoms with Crippen molar-refractivity contribution < 1.29 is 18.0 Å². The topological polar surface area (TPSA) is 96.4 Å². The number of benzene rings is 2. The fourth-order valence-electron chi connectivity index (χ4n) is 3.75. The van der Waals surface area contributed by atoms with Crippen molar-refractivity contribution in [3.63, 3.8) is 0 Å². The third kappa shape index (κ3) is 5.38. The first kappa shape index (κ1) is 23.3. The highest BCUT2D eigenvalue weighted by molar-refractivity contribution is 7.89. The van der Waals surface area contributed by atoms with E-state index in [0.29, 0.717) is 35.2 Å². The van der Waals surface area contributed by atoms with Crippen LogP contribution in [0.2, 0.25) is 0 Å². The zero-order valence-electron chi connectivity index (χ0n) is 18.3. The molecule has 0 spiro atoms. The molecule has 1 amide bonds. The van der Waals surface area contributed by atoms with Gasteiger partial charge in [-0.05, 0) is 37.0 Å². The molecule has 0 unspecified atom stereocenters. The van der Waals surface area contributed by atoms with Gasteiger partial charge in [0, 0.05) is 32.0 Å². The van der Waals surface area contributed by atoms with Gasteiger partial charge >= 0.3 is 0 Å². The van der Waals surface area contributed by atoms with E-state index in [1.165, 1.54) is 22.6 Å². The van der Waals surface area contributed by atoms with Gasteiger partial charge in [-0.25, -0.2) is 13.4 Å². The first-order valence-electron chi connectivity index (χ1n) is 10.8. The smallest absolute Gasteiger partial charge is 0.243 e. The zero-order valence-corrected chi connectivity index (χ0v) is 19.9. The Bertz CT molecular complexity index is 1250. The first-order valence-corrected chi connectivity index (χ1v) is 13.1. The number of ketones is 1. The van der Waals surface area contributed by atoms with Crippen molar-refractivity contribution in [3.8, 4) is 11.3 Å². The number of hydrogen-bond acceptors (Lipinski definition) is 6. The van der Waals surface area contributed by atoms with Crippen LogP contribution >= 0.6 is 11.3 Å². The number of carbonyl (C=O) groups is 2. The van der Waals surface area contributed by atoms with E-state index in [1.54, 1.807) is 24.3 Å². The summed E-state index contributed by atoms with van der Waals surface area (Å²) in [5, 5.41) is 3.17. The largest absolute Gasteiger partial charge is 0.302 e. The number of hydrogen-bond donors (Lipinski definition) is 1. The number of carbonyl (C=O) groups excluding carboxylic acids is 2. The number of Topliss-reactive ketones (excluding diaryl/α,β-unsaturated/α-hetero) is 1. The second-order valence-corrected chi connectivity index (χ2v) is 10.9. The number of rotatable bonds is 8. The summed E-state index contributed by atoms with van der Waals surface area (Å²) in [6.45, 7) is 2.62. The Balaban J connectivity index is 1.38. The minimum atomic E-state index is -3.44. The predicted octanol–water partition coefficient (Wildman–Crippen LogP) is 4.37. The Morgan fingerprint density at radius 1 is 1.03 bits per heavy atom. The van der Waals surface area contributed by atoms with Gasteiger partial charge in [-0.3, -0.25) is 9.59 Å². The first-order chi connectivity index (χ1) is 15.8. The minimum absolute atomic E-state index is 0.101. The van der Waals surface area contributed by atoms with Crippen molar-refractivity contribution in [2.75, 3.05) is 18.4 Å². The molecule has 1 saturated heterocycles. The van der Waals surface area contributed by atoms with Crippen LogP contribution in [0, 0.1) is 0 Å². The monoisotopic (exact) mass is 483 g/mol. The highest BCUT2D eigenvalue weighted by Gasteiger charge is 2.27. The summed E-state index contributed by atoms with van der Waals surface area (Å²) >= 11 is 1.17. The van der Waals surface area contributed by atoms with Crippen LogP contribution < -0.4 is 5.32 Å². The van der Waals surface area contributed by atoms with Crippen LogP contribution in [-0.2, 0) is 21.2 Å². The van der Waals surface area contributed by atoms with E-state index in [0.717, 1.165) is 24.0 Å². The fraction of sp³-hybridized carbons (Fsp3) is 0.292. The molecule has 7 nitrogen and oxygen atoms in total. The van der Waals surface area contributed by atoms with Crippen LogP contribution in [0.3, 0.4) is 0 Å². The average molecular weight is 484 g/mol. The summed E-state index contributed by atoms with van der Waals surface area (Å²) in [6.07, 6.45) is 2.47. The van der Waals surface area contributed by atoms with Gasteiger partial charge in [0.25, 0.3) is 0 Å². The Morgan fingerprint density at radius 2 is 1.70 bits per heavy atom. The molecule has 1 aliphatic heterocycles. The number of aryl methyl sites for hydroxylation is 1. The van der Waals surface area contributed by atoms with Crippen molar-refractivity contribution in [1.29, 1.82) is 0 Å². The summed E-state index contributed by atoms with van der Waals surface area (Å²) in [5.41, 5.74) is 2.26. The standard InChI is InChI=1S/C24H25N3O4S2/c1-17(28)23-22(19-7-3-2-4-8-19)26-24(32-23)25-21(29)14-11-18-9-12-20(13-10-18)33(30,31)27-15-5-6-16-27/h2-4,7-10,12-13H,5-6,11,14-16H2,1H3,(H,25,26,29). The second-order valence-electron chi connectivity index (χ2n) is 7.92. The highest BCUT2D eigenvalue weighted by atomic mass is 32.2. The molecular weight excluding hydrogens is 458 g/mol. The summed E-state index contributed by atoms with van der Waals surface area (Å²) in [6, 6.07) is 16.1. The van der Waals surface area contributed by atoms with E-state index < -0.39 is 10.0 Å². The summed E-state index contributed by atoms with van der Waals surface area (Å²) in [7, 11) is -3.44. The summed E-state index contributed by atoms with van der Waals surface area (Å²) in [4.78, 5) is 29.8. The van der Waals surface area contributed by atoms with Crippen molar-refractivity contribution >= 4 is 38.2 Å². The lowest BCUT2D eigenvalue weighted by atomic mass is 10.1. The molecule has 0 atom stereocenters. The van der Waals surface area contributed by atoms with Gasteiger partial charge < -0.3 is 5.32 Å². The van der Waals surface area contributed by atoms with E-state index >= 15 is 0 Å². The molecule has 3 aromatic rings. The molecule has 0 radical (unpaired) electrons. The van der Waals surface area contributed by atoms with Gasteiger partial charge in [-0.2, -0.15) is 4.31 Å². The molecule has 1 aliphatic rings. The molecule has 1 N–H and O–H groups in total. The molecular formula is C24H25N3O4S2. The SMILES string of the molecule is CC(=O)c1sc(NC(=O)CCc2ccc(S(=O)(=O)N3CCCC3)cc2)nc1-c1ccccc1. The van der Waals surface area contributed by atoms with Gasteiger partial charge in [0.2, 0.25) is 15.9 Å². The van der Waals surface area contributed by atoms with Crippen molar-refractivity contribution in [2.45, 2.75) is 37.5 Å². The van der Waals surface area contributed by atoms with Gasteiger partial charge in [-0.15, -0.1) is 0 Å². The predicted molar refractivity (Wildman–Crippen MR) is 129 cm³/mol. The molecule has 1 aromatic heterocycles. The fourth-order valence-corrected chi connectivity index (χ4v) is 6.17. The van der Waals surface area contributed by atoms with Gasteiger partial charge in [0.15, 0.2) is 10.9 Å². The van der Waals surface area contributed by atoms with E-state index in [2.05, 4.69) is 10.3 Å². The van der Waals surface area contributed by atoms with E-state index in [4.69, 9.17) is 0 Å². The lowest BCUT2D eigenvalue weighted by Crippen LogP contribution is -2.27. The van der Waals surface area contributed by atoms with E-state index in [9.17, 15) is 18.0 Å². The van der Waals surface area contributed by atoms with Gasteiger partial charge in [0.05, 0.1) is 15.5 Å². The Hall–Kier alpha value is -2.88. The molecule has 2 aromatic carbocycles. The number of anilines is 1. The number of thiazole rings is 1. The zero-order chi connectivity index (χ0) is 23.4. The van der Waals surface area contributed by atoms with E-state index in [1.807, 2.05) is 30.3 Å². The highest BCUT2D eigenvalue weighted by Crippen LogP contribution is 2.31. The van der Waals surface area contributed by atoms with Gasteiger partial charge in [-0.1, -0.05) is 53.8 Å². The molecule has 172 valence electrons. The van der Waals surface area contributed by atoms with Gasteiger partial charge in [0.1, 0.15) is 0 Å². The average Bonchev–Trinajstić information content (AvgIpc) is 3.50. The normalized spacial score (nSPS) is 14.3. The number of nitrogens with zero attached hydrogens (tertiary/aromatic N) is 2. The second kappa shape index (κ2) is 9.94. The van der Waals surface area contributed by atoms with Crippen molar-refractivity contribution in [3.05, 3.63) is 65.0 Å². The number of sulfonamides is 1. The maximum absolute atomic E-state index is 12.6. The van der Waals surface area contributed by atoms with E-state index in [-0.39, 0.29) is 23.0 Å². The molecule has 0 bridgehead atoms. The number of nitrogens with one attached hydrogen (secondary N) is 1. The lowest BCUT2D eigenvalue weighted by Gasteiger charge is -2.15. The molecule has 0 saturated carbocycles. The Kier molecular flexibility index (Phi) is 7.02. The van der Waals surface area contributed by atoms with Crippen LogP contribution in [0.4, 0.5) is 5.13 Å². The minimum Gasteiger partial charge on any atom is -0.302 e. The Morgan fingerprint density at radius 3 is 2.33 bits per heavy atom. The summed E-state index contributed by atoms with van der Waals surface area (Å²) < 4.78 is 26.8. The molecule has 4 rings (SSSR count). The van der Waals surface area contributed by atoms with Crippen molar-refractivity contribution in [2.24, 2.45) is 0 Å². The number of amides is 1. The van der Waals surface area contributed by atoms with Crippen LogP contribution in [0.5, 0.6) is 0 Å². The molecule has 33 heavy (non-hydrogen) atoms. The maximum Gasteiger partial charge on any atom is 0.243 e. The maximum atomic E-state index is 12.6. The third-order valence-corrected chi connectivity index (χ3v) is 8.49. The van der Waals surface area contributed by atoms with Crippen LogP contribution in [0.25, 0.3) is 11.3 Å². The van der Waals surface area contributed by atoms with Crippen molar-refractivity contribution in [1.82, 2.24) is 9.29 Å². The summed E-state index contributed by atoms with van der Waals surface area (Å²) in [5.74, 6) is -0.317. The van der Waals surface area contributed by atoms with Crippen LogP contribution in [0.1, 0.15) is 41.4 Å². The molecule has 9 heteroatoms. The quantitative estimate of drug-likeness (QED) is 0.480. The van der Waals surface area contributed by atoms with Crippen LogP contribution in [-0.4, -0.2) is 42.5 Å². The lowest BCUT2D eigenvalue weighted by molar-refractivity contribution is -0.116. The molecule has 2 heterocycles. The van der Waals surface area contributed by atoms with Crippen LogP contribution in [0.15, 0.2) is 59.5 Å². The third-order valence-electron chi connectivity index (χ3n) is 5.51. The Labute approximate surface area is 197 Å².